The summed E-state index contributed by atoms with van der Waals surface area (Å²) in [6.45, 7) is 3.83. The van der Waals surface area contributed by atoms with Crippen molar-refractivity contribution in [1.82, 2.24) is 31.9 Å². The van der Waals surface area contributed by atoms with E-state index in [-0.39, 0.29) is 43.1 Å². The van der Waals surface area contributed by atoms with Crippen LogP contribution >= 0.6 is 0 Å². The van der Waals surface area contributed by atoms with E-state index < -0.39 is 103 Å². The second-order valence-corrected chi connectivity index (χ2v) is 15.4. The number of amides is 7. The number of hydrogen-bond acceptors (Lipinski definition) is 12. The summed E-state index contributed by atoms with van der Waals surface area (Å²) in [6, 6.07) is 10.1. The number of aromatic hydroxyl groups is 2. The van der Waals surface area contributed by atoms with E-state index in [1.807, 2.05) is 0 Å². The zero-order valence-electron chi connectivity index (χ0n) is 35.1. The van der Waals surface area contributed by atoms with Gasteiger partial charge in [-0.15, -0.1) is 0 Å². The van der Waals surface area contributed by atoms with Gasteiger partial charge in [0.15, 0.2) is 0 Å². The number of nitrogens with two attached hydrogens (primary N) is 2. The number of aliphatic hydroxyl groups excluding tert-OH is 1. The lowest BCUT2D eigenvalue weighted by molar-refractivity contribution is -0.143. The van der Waals surface area contributed by atoms with E-state index in [0.29, 0.717) is 16.7 Å². The smallest absolute Gasteiger partial charge is 0.326 e. The molecule has 0 aliphatic heterocycles. The normalized spacial score (nSPS) is 14.3. The third kappa shape index (κ3) is 17.1. The zero-order valence-corrected chi connectivity index (χ0v) is 35.1. The average molecular weight is 877 g/mol. The van der Waals surface area contributed by atoms with Gasteiger partial charge in [-0.25, -0.2) is 4.79 Å². The molecule has 7 atom stereocenters. The van der Waals surface area contributed by atoms with Gasteiger partial charge in [-0.1, -0.05) is 68.4 Å². The molecule has 0 bridgehead atoms. The Bertz CT molecular complexity index is 2050. The predicted molar refractivity (Wildman–Crippen MR) is 227 cm³/mol. The second-order valence-electron chi connectivity index (χ2n) is 15.4. The number of aliphatic hydroxyl groups is 1. The number of phenols is 2. The molecule has 0 unspecified atom stereocenters. The number of primary amides is 1. The Morgan fingerprint density at radius 3 is 1.41 bits per heavy atom. The molecule has 0 aromatic heterocycles. The standard InChI is InChI=1S/C43H56N8O12/c1-23(2)17-34(43(62)63)50-39(58)32(20-27-11-15-29(54)16-12-27)48-41(60)33(21-36(45)55)49-42(61)35(22-52)51-40(59)31(19-25-7-5-4-6-8-25)47-37(56)24(3)46-38(57)30(44)18-26-9-13-28(53)14-10-26/h4-16,23-24,30-35,52-54H,17-22,44H2,1-3H3,(H2,45,55)(H,46,57)(H,47,56)(H,48,60)(H,49,61)(H,50,58)(H,51,59)(H,62,63)/t24-,30-,31-,32-,33-,34-,35-/m0/s1. The minimum absolute atomic E-state index is 0.0314. The van der Waals surface area contributed by atoms with E-state index in [1.165, 1.54) is 43.3 Å². The average Bonchev–Trinajstić information content (AvgIpc) is 3.23. The van der Waals surface area contributed by atoms with Crippen LogP contribution in [0.25, 0.3) is 0 Å². The number of carboxylic acids is 1. The molecule has 20 nitrogen and oxygen atoms in total. The van der Waals surface area contributed by atoms with Crippen LogP contribution in [0.1, 0.15) is 50.3 Å². The molecule has 3 aromatic rings. The fourth-order valence-corrected chi connectivity index (χ4v) is 6.18. The molecule has 20 heteroatoms. The Balaban J connectivity index is 1.78. The number of nitrogens with one attached hydrogen (secondary N) is 6. The molecule has 0 spiro atoms. The lowest BCUT2D eigenvalue weighted by atomic mass is 10.0. The Morgan fingerprint density at radius 1 is 0.524 bits per heavy atom. The van der Waals surface area contributed by atoms with E-state index in [4.69, 9.17) is 11.5 Å². The molecular weight excluding hydrogens is 821 g/mol. The molecule has 0 fully saturated rings. The van der Waals surface area contributed by atoms with Gasteiger partial charge in [0, 0.05) is 12.8 Å². The van der Waals surface area contributed by atoms with Crippen molar-refractivity contribution < 1.29 is 58.8 Å². The van der Waals surface area contributed by atoms with Crippen LogP contribution in [0.5, 0.6) is 11.5 Å². The summed E-state index contributed by atoms with van der Waals surface area (Å²) in [7, 11) is 0. The molecule has 63 heavy (non-hydrogen) atoms. The van der Waals surface area contributed by atoms with Crippen LogP contribution in [-0.2, 0) is 57.6 Å². The number of carbonyl (C=O) groups excluding carboxylic acids is 7. The van der Waals surface area contributed by atoms with E-state index in [2.05, 4.69) is 31.9 Å². The van der Waals surface area contributed by atoms with Gasteiger partial charge in [0.2, 0.25) is 41.4 Å². The van der Waals surface area contributed by atoms with Crippen LogP contribution in [0.3, 0.4) is 0 Å². The van der Waals surface area contributed by atoms with Gasteiger partial charge in [0.25, 0.3) is 0 Å². The fourth-order valence-electron chi connectivity index (χ4n) is 6.18. The van der Waals surface area contributed by atoms with Gasteiger partial charge >= 0.3 is 5.97 Å². The molecule has 0 radical (unpaired) electrons. The topological polar surface area (TPSA) is 342 Å². The van der Waals surface area contributed by atoms with Crippen molar-refractivity contribution in [1.29, 1.82) is 0 Å². The van der Waals surface area contributed by atoms with Gasteiger partial charge in [-0.3, -0.25) is 33.6 Å². The monoisotopic (exact) mass is 876 g/mol. The highest BCUT2D eigenvalue weighted by molar-refractivity contribution is 5.98. The van der Waals surface area contributed by atoms with E-state index in [0.717, 1.165) is 0 Å². The number of benzene rings is 3. The molecule has 0 aliphatic rings. The maximum atomic E-state index is 13.8. The maximum absolute atomic E-state index is 13.8. The van der Waals surface area contributed by atoms with Gasteiger partial charge in [-0.05, 0) is 66.6 Å². The van der Waals surface area contributed by atoms with Crippen molar-refractivity contribution in [2.45, 2.75) is 95.2 Å². The third-order valence-corrected chi connectivity index (χ3v) is 9.58. The number of aliphatic carboxylic acids is 1. The van der Waals surface area contributed by atoms with Gasteiger partial charge in [0.05, 0.1) is 19.1 Å². The van der Waals surface area contributed by atoms with Crippen LogP contribution in [-0.4, -0.2) is 117 Å². The van der Waals surface area contributed by atoms with E-state index in [9.17, 15) is 58.8 Å². The molecule has 3 aromatic carbocycles. The lowest BCUT2D eigenvalue weighted by Gasteiger charge is -2.27. The van der Waals surface area contributed by atoms with Crippen molar-refractivity contribution in [3.63, 3.8) is 0 Å². The molecule has 0 heterocycles. The largest absolute Gasteiger partial charge is 0.508 e. The number of carboxylic acid groups (broad SMARTS) is 1. The lowest BCUT2D eigenvalue weighted by Crippen LogP contribution is -2.61. The Labute approximate surface area is 363 Å². The van der Waals surface area contributed by atoms with Crippen molar-refractivity contribution in [2.24, 2.45) is 17.4 Å². The summed E-state index contributed by atoms with van der Waals surface area (Å²) in [5, 5.41) is 53.7. The summed E-state index contributed by atoms with van der Waals surface area (Å²) < 4.78 is 0. The summed E-state index contributed by atoms with van der Waals surface area (Å²) in [5.41, 5.74) is 13.1. The molecule has 7 amide bonds. The predicted octanol–water partition coefficient (Wildman–Crippen LogP) is -1.62. The number of carbonyl (C=O) groups is 8. The molecule has 0 aliphatic carbocycles. The van der Waals surface area contributed by atoms with Crippen molar-refractivity contribution in [2.75, 3.05) is 6.61 Å². The summed E-state index contributed by atoms with van der Waals surface area (Å²) >= 11 is 0. The van der Waals surface area contributed by atoms with Crippen LogP contribution in [0, 0.1) is 5.92 Å². The zero-order chi connectivity index (χ0) is 46.8. The number of hydrogen-bond donors (Lipinski definition) is 12. The highest BCUT2D eigenvalue weighted by Crippen LogP contribution is 2.14. The molecule has 3 rings (SSSR count). The third-order valence-electron chi connectivity index (χ3n) is 9.58. The maximum Gasteiger partial charge on any atom is 0.326 e. The molecular formula is C43H56N8O12. The number of phenolic OH excluding ortho intramolecular Hbond substituents is 2. The Kier molecular flexibility index (Phi) is 19.5. The van der Waals surface area contributed by atoms with Crippen molar-refractivity contribution in [3.8, 4) is 11.5 Å². The van der Waals surface area contributed by atoms with E-state index in [1.54, 1.807) is 56.3 Å². The van der Waals surface area contributed by atoms with E-state index >= 15 is 0 Å². The molecule has 340 valence electrons. The quantitative estimate of drug-likeness (QED) is 0.0482. The van der Waals surface area contributed by atoms with Crippen molar-refractivity contribution >= 4 is 47.3 Å². The minimum Gasteiger partial charge on any atom is -0.508 e. The minimum atomic E-state index is -1.77. The van der Waals surface area contributed by atoms with Crippen LogP contribution in [0.4, 0.5) is 0 Å². The molecule has 0 saturated carbocycles. The van der Waals surface area contributed by atoms with Crippen LogP contribution in [0.15, 0.2) is 78.9 Å². The number of rotatable bonds is 24. The first kappa shape index (κ1) is 50.3. The van der Waals surface area contributed by atoms with Crippen LogP contribution in [0.2, 0.25) is 0 Å². The highest BCUT2D eigenvalue weighted by atomic mass is 16.4. The van der Waals surface area contributed by atoms with Crippen molar-refractivity contribution in [3.05, 3.63) is 95.6 Å². The summed E-state index contributed by atoms with van der Waals surface area (Å²) in [6.07, 6.45) is -0.998. The van der Waals surface area contributed by atoms with Gasteiger partial charge in [-0.2, -0.15) is 0 Å². The summed E-state index contributed by atoms with van der Waals surface area (Å²) in [4.78, 5) is 105. The van der Waals surface area contributed by atoms with Gasteiger partial charge in [0.1, 0.15) is 47.8 Å². The Hall–Kier alpha value is -7.06. The first-order valence-corrected chi connectivity index (χ1v) is 20.1. The van der Waals surface area contributed by atoms with Gasteiger partial charge < -0.3 is 63.8 Å². The first-order chi connectivity index (χ1) is 29.8. The SMILES string of the molecule is CC(C)C[C@H](NC(=O)[C@H](Cc1ccc(O)cc1)NC(=O)[C@H](CC(N)=O)NC(=O)[C@H](CO)NC(=O)[C@H](Cc1ccccc1)NC(=O)[C@H](C)NC(=O)[C@@H](N)Cc1ccc(O)cc1)C(=O)O. The second kappa shape index (κ2) is 24.4. The fraction of sp³-hybridized carbons (Fsp3) is 0.395. The first-order valence-electron chi connectivity index (χ1n) is 20.1. The molecule has 14 N–H and O–H groups in total. The summed E-state index contributed by atoms with van der Waals surface area (Å²) in [5.74, 6) is -8.19. The highest BCUT2D eigenvalue weighted by Gasteiger charge is 2.34. The molecule has 0 saturated heterocycles. The van der Waals surface area contributed by atoms with Crippen LogP contribution < -0.4 is 43.4 Å². The Morgan fingerprint density at radius 2 is 0.937 bits per heavy atom.